The Labute approximate surface area is 120 Å². The number of methoxy groups -OCH3 is 1. The lowest BCUT2D eigenvalue weighted by Gasteiger charge is -2.11. The standard InChI is InChI=1S/C14H12N4O3/c1-20-13-7-10(18-8-15-16-9-18)4-5-11(13)17-14(19)12-3-2-6-21-12/h2-9H,1H3,(H,17,19). The second-order valence-electron chi connectivity index (χ2n) is 4.19. The lowest BCUT2D eigenvalue weighted by Crippen LogP contribution is -2.11. The van der Waals surface area contributed by atoms with Gasteiger partial charge in [0.1, 0.15) is 18.4 Å². The summed E-state index contributed by atoms with van der Waals surface area (Å²) in [6.07, 6.45) is 4.60. The van der Waals surface area contributed by atoms with Crippen molar-refractivity contribution in [2.24, 2.45) is 0 Å². The van der Waals surface area contributed by atoms with Gasteiger partial charge in [-0.05, 0) is 24.3 Å². The van der Waals surface area contributed by atoms with Gasteiger partial charge in [-0.15, -0.1) is 10.2 Å². The zero-order chi connectivity index (χ0) is 14.7. The third-order valence-corrected chi connectivity index (χ3v) is 2.90. The zero-order valence-electron chi connectivity index (χ0n) is 11.2. The van der Waals surface area contributed by atoms with Crippen LogP contribution in [0.4, 0.5) is 5.69 Å². The van der Waals surface area contributed by atoms with Crippen LogP contribution < -0.4 is 10.1 Å². The first-order valence-electron chi connectivity index (χ1n) is 6.16. The quantitative estimate of drug-likeness (QED) is 0.793. The molecular weight excluding hydrogens is 272 g/mol. The molecule has 21 heavy (non-hydrogen) atoms. The fourth-order valence-electron chi connectivity index (χ4n) is 1.87. The minimum atomic E-state index is -0.338. The van der Waals surface area contributed by atoms with Crippen LogP contribution in [0.15, 0.2) is 53.7 Å². The summed E-state index contributed by atoms with van der Waals surface area (Å²) >= 11 is 0. The first-order valence-corrected chi connectivity index (χ1v) is 6.16. The van der Waals surface area contributed by atoms with Gasteiger partial charge < -0.3 is 14.5 Å². The monoisotopic (exact) mass is 284 g/mol. The highest BCUT2D eigenvalue weighted by molar-refractivity contribution is 6.03. The first-order chi connectivity index (χ1) is 10.3. The number of ether oxygens (including phenoxy) is 1. The Hall–Kier alpha value is -3.09. The topological polar surface area (TPSA) is 82.2 Å². The molecule has 1 amide bonds. The highest BCUT2D eigenvalue weighted by atomic mass is 16.5. The molecule has 1 N–H and O–H groups in total. The van der Waals surface area contributed by atoms with Gasteiger partial charge in [-0.2, -0.15) is 0 Å². The summed E-state index contributed by atoms with van der Waals surface area (Å²) in [5, 5.41) is 10.2. The SMILES string of the molecule is COc1cc(-n2cnnc2)ccc1NC(=O)c1ccco1. The Morgan fingerprint density at radius 2 is 2.10 bits per heavy atom. The summed E-state index contributed by atoms with van der Waals surface area (Å²) in [5.41, 5.74) is 1.38. The van der Waals surface area contributed by atoms with Gasteiger partial charge in [-0.3, -0.25) is 9.36 Å². The van der Waals surface area contributed by atoms with Crippen molar-refractivity contribution in [3.8, 4) is 11.4 Å². The van der Waals surface area contributed by atoms with E-state index in [-0.39, 0.29) is 11.7 Å². The van der Waals surface area contributed by atoms with E-state index in [1.165, 1.54) is 13.4 Å². The molecule has 0 bridgehead atoms. The molecular formula is C14H12N4O3. The normalized spacial score (nSPS) is 10.3. The summed E-state index contributed by atoms with van der Waals surface area (Å²) in [4.78, 5) is 12.0. The Balaban J connectivity index is 1.87. The van der Waals surface area contributed by atoms with Crippen LogP contribution in [-0.4, -0.2) is 27.8 Å². The van der Waals surface area contributed by atoms with Crippen LogP contribution in [0.2, 0.25) is 0 Å². The van der Waals surface area contributed by atoms with Gasteiger partial charge in [0.25, 0.3) is 5.91 Å². The minimum absolute atomic E-state index is 0.236. The van der Waals surface area contributed by atoms with Crippen LogP contribution in [0, 0.1) is 0 Å². The number of hydrogen-bond acceptors (Lipinski definition) is 5. The Morgan fingerprint density at radius 3 is 2.76 bits per heavy atom. The van der Waals surface area contributed by atoms with Gasteiger partial charge >= 0.3 is 0 Å². The molecule has 3 aromatic rings. The molecule has 2 heterocycles. The summed E-state index contributed by atoms with van der Waals surface area (Å²) in [6, 6.07) is 8.59. The largest absolute Gasteiger partial charge is 0.494 e. The van der Waals surface area contributed by atoms with Gasteiger partial charge in [-0.25, -0.2) is 0 Å². The third-order valence-electron chi connectivity index (χ3n) is 2.90. The van der Waals surface area contributed by atoms with Crippen molar-refractivity contribution in [1.29, 1.82) is 0 Å². The van der Waals surface area contributed by atoms with Gasteiger partial charge in [-0.1, -0.05) is 0 Å². The third kappa shape index (κ3) is 2.62. The molecule has 0 aliphatic rings. The van der Waals surface area contributed by atoms with Crippen LogP contribution in [0.3, 0.4) is 0 Å². The van der Waals surface area contributed by atoms with Crippen LogP contribution in [0.25, 0.3) is 5.69 Å². The van der Waals surface area contributed by atoms with Crippen molar-refractivity contribution in [1.82, 2.24) is 14.8 Å². The molecule has 0 spiro atoms. The maximum atomic E-state index is 12.0. The number of furan rings is 1. The second-order valence-corrected chi connectivity index (χ2v) is 4.19. The zero-order valence-corrected chi connectivity index (χ0v) is 11.2. The molecule has 3 rings (SSSR count). The van der Waals surface area contributed by atoms with Crippen LogP contribution in [0.1, 0.15) is 10.6 Å². The maximum Gasteiger partial charge on any atom is 0.291 e. The van der Waals surface area contributed by atoms with Crippen molar-refractivity contribution < 1.29 is 13.9 Å². The van der Waals surface area contributed by atoms with Crippen LogP contribution in [0.5, 0.6) is 5.75 Å². The summed E-state index contributed by atoms with van der Waals surface area (Å²) in [5.74, 6) is 0.427. The van der Waals surface area contributed by atoms with Crippen molar-refractivity contribution >= 4 is 11.6 Å². The number of rotatable bonds is 4. The molecule has 0 atom stereocenters. The number of carbonyl (C=O) groups excluding carboxylic acids is 1. The van der Waals surface area contributed by atoms with Gasteiger partial charge in [0.05, 0.1) is 24.7 Å². The number of amides is 1. The average Bonchev–Trinajstić information content (AvgIpc) is 3.20. The van der Waals surface area contributed by atoms with Gasteiger partial charge in [0, 0.05) is 6.07 Å². The van der Waals surface area contributed by atoms with E-state index in [1.54, 1.807) is 41.5 Å². The molecule has 106 valence electrons. The molecule has 0 unspecified atom stereocenters. The molecule has 0 fully saturated rings. The van der Waals surface area contributed by atoms with Crippen LogP contribution in [-0.2, 0) is 0 Å². The fourth-order valence-corrected chi connectivity index (χ4v) is 1.87. The van der Waals surface area contributed by atoms with Gasteiger partial charge in [0.2, 0.25) is 0 Å². The number of anilines is 1. The number of benzene rings is 1. The Morgan fingerprint density at radius 1 is 1.29 bits per heavy atom. The summed E-state index contributed by atoms with van der Waals surface area (Å²) < 4.78 is 12.1. The highest BCUT2D eigenvalue weighted by Crippen LogP contribution is 2.27. The number of hydrogen-bond donors (Lipinski definition) is 1. The van der Waals surface area contributed by atoms with Crippen molar-refractivity contribution in [3.05, 3.63) is 55.0 Å². The molecule has 0 aliphatic heterocycles. The lowest BCUT2D eigenvalue weighted by atomic mass is 10.2. The van der Waals surface area contributed by atoms with Crippen LogP contribution >= 0.6 is 0 Å². The summed E-state index contributed by atoms with van der Waals surface area (Å²) in [7, 11) is 1.54. The molecule has 0 radical (unpaired) electrons. The molecule has 2 aromatic heterocycles. The van der Waals surface area contributed by atoms with E-state index in [4.69, 9.17) is 9.15 Å². The fraction of sp³-hybridized carbons (Fsp3) is 0.0714. The highest BCUT2D eigenvalue weighted by Gasteiger charge is 2.12. The lowest BCUT2D eigenvalue weighted by molar-refractivity contribution is 0.0996. The predicted molar refractivity (Wildman–Crippen MR) is 74.6 cm³/mol. The van der Waals surface area contributed by atoms with E-state index < -0.39 is 0 Å². The minimum Gasteiger partial charge on any atom is -0.494 e. The molecule has 1 aromatic carbocycles. The first kappa shape index (κ1) is 12.9. The maximum absolute atomic E-state index is 12.0. The molecule has 0 saturated heterocycles. The van der Waals surface area contributed by atoms with E-state index >= 15 is 0 Å². The average molecular weight is 284 g/mol. The second kappa shape index (κ2) is 5.49. The van der Waals surface area contributed by atoms with Crippen molar-refractivity contribution in [2.45, 2.75) is 0 Å². The van der Waals surface area contributed by atoms with E-state index in [0.29, 0.717) is 11.4 Å². The number of carbonyl (C=O) groups is 1. The van der Waals surface area contributed by atoms with Gasteiger partial charge in [0.15, 0.2) is 5.76 Å². The number of nitrogens with zero attached hydrogens (tertiary/aromatic N) is 3. The number of aromatic nitrogens is 3. The van der Waals surface area contributed by atoms with E-state index in [1.807, 2.05) is 6.07 Å². The number of nitrogens with one attached hydrogen (secondary N) is 1. The molecule has 7 nitrogen and oxygen atoms in total. The van der Waals surface area contributed by atoms with Crippen molar-refractivity contribution in [2.75, 3.05) is 12.4 Å². The molecule has 7 heteroatoms. The Bertz CT molecular complexity index is 736. The summed E-state index contributed by atoms with van der Waals surface area (Å²) in [6.45, 7) is 0. The Kier molecular flexibility index (Phi) is 3.38. The van der Waals surface area contributed by atoms with E-state index in [0.717, 1.165) is 5.69 Å². The van der Waals surface area contributed by atoms with E-state index in [2.05, 4.69) is 15.5 Å². The predicted octanol–water partition coefficient (Wildman–Crippen LogP) is 2.12. The smallest absolute Gasteiger partial charge is 0.291 e. The molecule has 0 aliphatic carbocycles. The van der Waals surface area contributed by atoms with Crippen molar-refractivity contribution in [3.63, 3.8) is 0 Å². The molecule has 0 saturated carbocycles. The van der Waals surface area contributed by atoms with E-state index in [9.17, 15) is 4.79 Å².